The van der Waals surface area contributed by atoms with E-state index in [0.29, 0.717) is 18.1 Å². The highest BCUT2D eigenvalue weighted by atomic mass is 32.1. The van der Waals surface area contributed by atoms with Gasteiger partial charge >= 0.3 is 0 Å². The molecule has 2 aromatic carbocycles. The fraction of sp³-hybridized carbons (Fsp3) is 0.391. The van der Waals surface area contributed by atoms with Crippen LogP contribution >= 0.6 is 11.3 Å². The first kappa shape index (κ1) is 20.0. The Kier molecular flexibility index (Phi) is 6.23. The van der Waals surface area contributed by atoms with Crippen LogP contribution in [0.2, 0.25) is 0 Å². The molecular formula is C23H27N3O2S. The molecule has 4 rings (SSSR count). The molecule has 2 heterocycles. The predicted molar refractivity (Wildman–Crippen MR) is 118 cm³/mol. The van der Waals surface area contributed by atoms with E-state index in [9.17, 15) is 4.79 Å². The highest BCUT2D eigenvalue weighted by Gasteiger charge is 2.22. The molecule has 0 spiro atoms. The summed E-state index contributed by atoms with van der Waals surface area (Å²) < 4.78 is 6.40. The molecular weight excluding hydrogens is 382 g/mol. The van der Waals surface area contributed by atoms with Crippen molar-refractivity contribution in [2.45, 2.75) is 24.8 Å². The molecule has 1 aliphatic rings. The molecule has 6 heteroatoms. The number of nitrogens with zero attached hydrogens (tertiary/aromatic N) is 2. The van der Waals surface area contributed by atoms with Crippen LogP contribution in [0.1, 0.15) is 45.7 Å². The second kappa shape index (κ2) is 9.03. The van der Waals surface area contributed by atoms with Gasteiger partial charge in [0.15, 0.2) is 0 Å². The van der Waals surface area contributed by atoms with Crippen molar-refractivity contribution in [1.82, 2.24) is 15.2 Å². The maximum Gasteiger partial charge on any atom is 0.251 e. The summed E-state index contributed by atoms with van der Waals surface area (Å²) in [6.45, 7) is 2.67. The van der Waals surface area contributed by atoms with E-state index >= 15 is 0 Å². The summed E-state index contributed by atoms with van der Waals surface area (Å²) in [5.74, 6) is 0.442. The lowest BCUT2D eigenvalue weighted by Crippen LogP contribution is -2.31. The van der Waals surface area contributed by atoms with Crippen LogP contribution in [0.5, 0.6) is 0 Å². The lowest BCUT2D eigenvalue weighted by molar-refractivity contribution is 0.0896. The van der Waals surface area contributed by atoms with Gasteiger partial charge in [-0.3, -0.25) is 4.79 Å². The van der Waals surface area contributed by atoms with Crippen molar-refractivity contribution in [1.29, 1.82) is 0 Å². The smallest absolute Gasteiger partial charge is 0.251 e. The van der Waals surface area contributed by atoms with Gasteiger partial charge < -0.3 is 15.0 Å². The average Bonchev–Trinajstić information content (AvgIpc) is 3.18. The molecule has 0 aliphatic carbocycles. The fourth-order valence-corrected chi connectivity index (χ4v) is 5.00. The van der Waals surface area contributed by atoms with Crippen molar-refractivity contribution < 1.29 is 9.53 Å². The van der Waals surface area contributed by atoms with E-state index in [-0.39, 0.29) is 11.9 Å². The number of likely N-dealkylation sites (tertiary alicyclic amines) is 1. The molecule has 29 heavy (non-hydrogen) atoms. The molecule has 1 N–H and O–H groups in total. The largest absolute Gasteiger partial charge is 0.382 e. The zero-order valence-corrected chi connectivity index (χ0v) is 17.7. The molecule has 1 fully saturated rings. The second-order valence-corrected chi connectivity index (χ2v) is 8.77. The van der Waals surface area contributed by atoms with Crippen molar-refractivity contribution in [3.8, 4) is 0 Å². The molecule has 1 atom stereocenters. The molecule has 152 valence electrons. The minimum Gasteiger partial charge on any atom is -0.382 e. The van der Waals surface area contributed by atoms with E-state index in [1.807, 2.05) is 48.5 Å². The van der Waals surface area contributed by atoms with Crippen molar-refractivity contribution in [2.75, 3.05) is 33.9 Å². The van der Waals surface area contributed by atoms with Gasteiger partial charge in [0, 0.05) is 18.6 Å². The molecule has 1 unspecified atom stereocenters. The monoisotopic (exact) mass is 409 g/mol. The van der Waals surface area contributed by atoms with Crippen LogP contribution in [0.15, 0.2) is 48.5 Å². The van der Waals surface area contributed by atoms with Crippen LogP contribution in [0.3, 0.4) is 0 Å². The molecule has 0 radical (unpaired) electrons. The van der Waals surface area contributed by atoms with Gasteiger partial charge in [-0.25, -0.2) is 4.98 Å². The Labute approximate surface area is 175 Å². The lowest BCUT2D eigenvalue weighted by atomic mass is 9.98. The van der Waals surface area contributed by atoms with E-state index in [1.165, 1.54) is 5.01 Å². The van der Waals surface area contributed by atoms with Gasteiger partial charge in [-0.15, -0.1) is 11.3 Å². The van der Waals surface area contributed by atoms with E-state index in [2.05, 4.69) is 17.3 Å². The average molecular weight is 410 g/mol. The maximum absolute atomic E-state index is 12.9. The predicted octanol–water partition coefficient (Wildman–Crippen LogP) is 4.22. The van der Waals surface area contributed by atoms with Gasteiger partial charge in [0.1, 0.15) is 0 Å². The summed E-state index contributed by atoms with van der Waals surface area (Å²) in [5.41, 5.74) is 2.68. The number of thiazole rings is 1. The Balaban J connectivity index is 1.51. The summed E-state index contributed by atoms with van der Waals surface area (Å²) in [6.07, 6.45) is 2.30. The van der Waals surface area contributed by atoms with Gasteiger partial charge in [0.25, 0.3) is 5.91 Å². The normalized spacial score (nSPS) is 16.8. The van der Waals surface area contributed by atoms with Crippen LogP contribution in [0, 0.1) is 0 Å². The Morgan fingerprint density at radius 3 is 2.72 bits per heavy atom. The van der Waals surface area contributed by atoms with Crippen LogP contribution in [-0.4, -0.2) is 49.6 Å². The number of ether oxygens (including phenoxy) is 1. The topological polar surface area (TPSA) is 54.5 Å². The number of aromatic nitrogens is 1. The zero-order valence-electron chi connectivity index (χ0n) is 16.9. The lowest BCUT2D eigenvalue weighted by Gasteiger charge is -2.27. The van der Waals surface area contributed by atoms with Crippen LogP contribution in [0.25, 0.3) is 10.2 Å². The van der Waals surface area contributed by atoms with Crippen molar-refractivity contribution in [3.05, 3.63) is 64.7 Å². The third-order valence-corrected chi connectivity index (χ3v) is 6.76. The zero-order chi connectivity index (χ0) is 20.2. The number of fused-ring (bicyclic) bond motifs is 1. The highest BCUT2D eigenvalue weighted by molar-refractivity contribution is 7.18. The summed E-state index contributed by atoms with van der Waals surface area (Å²) in [6, 6.07) is 15.5. The van der Waals surface area contributed by atoms with Crippen LogP contribution in [-0.2, 0) is 4.74 Å². The number of hydrogen-bond acceptors (Lipinski definition) is 5. The summed E-state index contributed by atoms with van der Waals surface area (Å²) in [5, 5.41) is 4.31. The quantitative estimate of drug-likeness (QED) is 0.662. The number of nitrogens with one attached hydrogen (secondary N) is 1. The number of amides is 1. The van der Waals surface area contributed by atoms with Gasteiger partial charge in [0.05, 0.1) is 27.9 Å². The van der Waals surface area contributed by atoms with Crippen molar-refractivity contribution in [2.24, 2.45) is 0 Å². The Morgan fingerprint density at radius 1 is 1.24 bits per heavy atom. The summed E-state index contributed by atoms with van der Waals surface area (Å²) in [4.78, 5) is 20.1. The van der Waals surface area contributed by atoms with Gasteiger partial charge in [-0.2, -0.15) is 0 Å². The molecule has 1 amide bonds. The van der Waals surface area contributed by atoms with Gasteiger partial charge in [-0.1, -0.05) is 30.3 Å². The Morgan fingerprint density at radius 2 is 2.00 bits per heavy atom. The minimum absolute atomic E-state index is 0.0907. The van der Waals surface area contributed by atoms with E-state index < -0.39 is 0 Å². The number of hydrogen-bond donors (Lipinski definition) is 1. The minimum atomic E-state index is -0.180. The number of methoxy groups -OCH3 is 1. The summed E-state index contributed by atoms with van der Waals surface area (Å²) in [7, 11) is 3.82. The van der Waals surface area contributed by atoms with Crippen molar-refractivity contribution >= 4 is 27.5 Å². The Hall–Kier alpha value is -2.28. The van der Waals surface area contributed by atoms with Gasteiger partial charge in [-0.05, 0) is 56.7 Å². The first-order valence-electron chi connectivity index (χ1n) is 10.1. The van der Waals surface area contributed by atoms with Gasteiger partial charge in [0.2, 0.25) is 0 Å². The number of carbonyl (C=O) groups is 1. The van der Waals surface area contributed by atoms with E-state index in [0.717, 1.165) is 41.7 Å². The number of carbonyl (C=O) groups excluding carboxylic acids is 1. The molecule has 1 aliphatic heterocycles. The summed E-state index contributed by atoms with van der Waals surface area (Å²) >= 11 is 1.73. The second-order valence-electron chi connectivity index (χ2n) is 7.70. The van der Waals surface area contributed by atoms with Crippen molar-refractivity contribution in [3.63, 3.8) is 0 Å². The highest BCUT2D eigenvalue weighted by Crippen LogP contribution is 2.34. The van der Waals surface area contributed by atoms with Crippen LogP contribution < -0.4 is 5.32 Å². The molecule has 1 saturated heterocycles. The standard InChI is InChI=1S/C23H27N3O2S/c1-26-12-10-17(11-13-26)23-25-19-9-8-18(14-21(19)29-23)22(27)24-20(15-28-2)16-6-4-3-5-7-16/h3-9,14,17,20H,10-13,15H2,1-2H3,(H,24,27). The van der Waals surface area contributed by atoms with E-state index in [4.69, 9.17) is 9.72 Å². The Bertz CT molecular complexity index is 965. The third-order valence-electron chi connectivity index (χ3n) is 5.58. The molecule has 0 saturated carbocycles. The first-order chi connectivity index (χ1) is 14.1. The van der Waals surface area contributed by atoms with Crippen LogP contribution in [0.4, 0.5) is 0 Å². The maximum atomic E-state index is 12.9. The molecule has 3 aromatic rings. The number of benzene rings is 2. The fourth-order valence-electron chi connectivity index (χ4n) is 3.83. The number of rotatable bonds is 6. The molecule has 5 nitrogen and oxygen atoms in total. The molecule has 1 aromatic heterocycles. The first-order valence-corrected chi connectivity index (χ1v) is 10.9. The third kappa shape index (κ3) is 4.66. The molecule has 0 bridgehead atoms. The number of piperidine rings is 1. The SMILES string of the molecule is COCC(NC(=O)c1ccc2nc(C3CCN(C)CC3)sc2c1)c1ccccc1. The van der Waals surface area contributed by atoms with E-state index in [1.54, 1.807) is 18.4 Å².